The van der Waals surface area contributed by atoms with E-state index in [9.17, 15) is 4.57 Å². The summed E-state index contributed by atoms with van der Waals surface area (Å²) in [5.41, 5.74) is 0. The first-order valence-corrected chi connectivity index (χ1v) is 6.24. The van der Waals surface area contributed by atoms with Gasteiger partial charge in [0.25, 0.3) is 0 Å². The molecule has 0 saturated carbocycles. The maximum absolute atomic E-state index is 11.8. The number of rotatable bonds is 1. The largest absolute Gasteiger partial charge is 0.330 e. The Labute approximate surface area is 74.0 Å². The molecule has 1 aliphatic rings. The van der Waals surface area contributed by atoms with Gasteiger partial charge in [-0.05, 0) is 26.7 Å². The van der Waals surface area contributed by atoms with Crippen molar-refractivity contribution < 1.29 is 13.6 Å². The molecule has 0 aromatic carbocycles. The van der Waals surface area contributed by atoms with Crippen molar-refractivity contribution in [2.75, 3.05) is 6.16 Å². The zero-order chi connectivity index (χ0) is 9.19. The molecule has 1 saturated heterocycles. The fraction of sp³-hybridized carbons (Fsp3) is 1.00. The van der Waals surface area contributed by atoms with Crippen molar-refractivity contribution in [3.05, 3.63) is 0 Å². The molecule has 1 aliphatic heterocycles. The molecule has 0 spiro atoms. The molecule has 1 heterocycles. The van der Waals surface area contributed by atoms with Crippen LogP contribution in [0.3, 0.4) is 0 Å². The van der Waals surface area contributed by atoms with Crippen molar-refractivity contribution >= 4 is 7.60 Å². The Hall–Kier alpha value is 0.150. The van der Waals surface area contributed by atoms with Crippen molar-refractivity contribution in [2.24, 2.45) is 0 Å². The van der Waals surface area contributed by atoms with Gasteiger partial charge in [0.15, 0.2) is 0 Å². The van der Waals surface area contributed by atoms with Gasteiger partial charge in [0.2, 0.25) is 0 Å². The van der Waals surface area contributed by atoms with Crippen LogP contribution >= 0.6 is 7.60 Å². The first kappa shape index (κ1) is 10.2. The summed E-state index contributed by atoms with van der Waals surface area (Å²) in [4.78, 5) is 0. The molecule has 1 fully saturated rings. The van der Waals surface area contributed by atoms with E-state index in [1.54, 1.807) is 0 Å². The lowest BCUT2D eigenvalue weighted by Crippen LogP contribution is -2.04. The molecule has 2 atom stereocenters. The summed E-state index contributed by atoms with van der Waals surface area (Å²) >= 11 is 0. The van der Waals surface area contributed by atoms with Gasteiger partial charge in [0, 0.05) is 6.16 Å². The Morgan fingerprint density at radius 2 is 1.67 bits per heavy atom. The van der Waals surface area contributed by atoms with Crippen LogP contribution in [0.15, 0.2) is 0 Å². The van der Waals surface area contributed by atoms with Gasteiger partial charge in [-0.15, -0.1) is 0 Å². The van der Waals surface area contributed by atoms with E-state index in [4.69, 9.17) is 9.05 Å². The number of hydrogen-bond donors (Lipinski definition) is 0. The first-order valence-electron chi connectivity index (χ1n) is 4.51. The molecule has 1 rings (SSSR count). The highest BCUT2D eigenvalue weighted by Gasteiger charge is 2.30. The van der Waals surface area contributed by atoms with Gasteiger partial charge in [-0.3, -0.25) is 4.57 Å². The zero-order valence-electron chi connectivity index (χ0n) is 7.95. The fourth-order valence-electron chi connectivity index (χ4n) is 1.30. The number of hydrogen-bond acceptors (Lipinski definition) is 3. The van der Waals surface area contributed by atoms with Crippen LogP contribution in [0.5, 0.6) is 0 Å². The summed E-state index contributed by atoms with van der Waals surface area (Å²) < 4.78 is 22.5. The smallest absolute Gasteiger partial charge is 0.306 e. The van der Waals surface area contributed by atoms with Crippen LogP contribution in [-0.4, -0.2) is 18.4 Å². The lowest BCUT2D eigenvalue weighted by molar-refractivity contribution is 0.167. The predicted octanol–water partition coefficient (Wildman–Crippen LogP) is 2.80. The van der Waals surface area contributed by atoms with Crippen molar-refractivity contribution in [3.8, 4) is 0 Å². The van der Waals surface area contributed by atoms with E-state index in [0.717, 1.165) is 12.8 Å². The minimum Gasteiger partial charge on any atom is -0.306 e. The van der Waals surface area contributed by atoms with Gasteiger partial charge in [-0.1, -0.05) is 6.92 Å². The maximum atomic E-state index is 11.8. The molecule has 72 valence electrons. The molecule has 3 nitrogen and oxygen atoms in total. The van der Waals surface area contributed by atoms with Crippen molar-refractivity contribution in [3.63, 3.8) is 0 Å². The second-order valence-electron chi connectivity index (χ2n) is 3.34. The molecule has 4 heteroatoms. The highest BCUT2D eigenvalue weighted by atomic mass is 31.2. The second-order valence-corrected chi connectivity index (χ2v) is 5.61. The monoisotopic (exact) mass is 192 g/mol. The van der Waals surface area contributed by atoms with Crippen LogP contribution in [0, 0.1) is 0 Å². The van der Waals surface area contributed by atoms with Gasteiger partial charge in [-0.2, -0.15) is 0 Å². The Kier molecular flexibility index (Phi) is 3.33. The average Bonchev–Trinajstić information content (AvgIpc) is 2.11. The van der Waals surface area contributed by atoms with E-state index >= 15 is 0 Å². The van der Waals surface area contributed by atoms with E-state index in [1.807, 2.05) is 20.8 Å². The molecule has 0 amide bonds. The van der Waals surface area contributed by atoms with Crippen molar-refractivity contribution in [2.45, 2.75) is 45.8 Å². The van der Waals surface area contributed by atoms with Crippen molar-refractivity contribution in [1.29, 1.82) is 0 Å². The Balaban J connectivity index is 2.68. The summed E-state index contributed by atoms with van der Waals surface area (Å²) in [7, 11) is -2.75. The Bertz CT molecular complexity index is 177. The summed E-state index contributed by atoms with van der Waals surface area (Å²) in [6, 6.07) is 0. The van der Waals surface area contributed by atoms with Crippen LogP contribution in [0.25, 0.3) is 0 Å². The first-order chi connectivity index (χ1) is 5.56. The van der Waals surface area contributed by atoms with Crippen LogP contribution in [0.2, 0.25) is 0 Å². The lowest BCUT2D eigenvalue weighted by atomic mass is 10.1. The third-order valence-corrected chi connectivity index (χ3v) is 4.18. The molecule has 0 radical (unpaired) electrons. The van der Waals surface area contributed by atoms with Crippen LogP contribution in [0.1, 0.15) is 33.6 Å². The van der Waals surface area contributed by atoms with Crippen molar-refractivity contribution in [1.82, 2.24) is 0 Å². The predicted molar refractivity (Wildman–Crippen MR) is 48.5 cm³/mol. The van der Waals surface area contributed by atoms with Crippen LogP contribution in [-0.2, 0) is 13.6 Å². The van der Waals surface area contributed by atoms with E-state index < -0.39 is 7.60 Å². The highest BCUT2D eigenvalue weighted by Crippen LogP contribution is 2.52. The molecular formula is C8H17O3P. The summed E-state index contributed by atoms with van der Waals surface area (Å²) in [5.74, 6) is 0. The molecule has 0 aliphatic carbocycles. The molecular weight excluding hydrogens is 175 g/mol. The maximum Gasteiger partial charge on any atom is 0.330 e. The minimum absolute atomic E-state index is 0.0701. The highest BCUT2D eigenvalue weighted by molar-refractivity contribution is 7.53. The molecule has 0 bridgehead atoms. The summed E-state index contributed by atoms with van der Waals surface area (Å²) in [6.07, 6.45) is 2.49. The topological polar surface area (TPSA) is 35.5 Å². The molecule has 0 N–H and O–H groups in total. The molecule has 0 aromatic rings. The Morgan fingerprint density at radius 1 is 1.25 bits per heavy atom. The average molecular weight is 192 g/mol. The standard InChI is InChI=1S/C8H17O3P/c1-4-12(9)10-7(2)5-6-8(3)11-12/h7-8H,4-6H2,1-3H3/t7-,8-/m1/s1. The van der Waals surface area contributed by atoms with E-state index in [-0.39, 0.29) is 12.2 Å². The minimum atomic E-state index is -2.75. The van der Waals surface area contributed by atoms with Gasteiger partial charge < -0.3 is 9.05 Å². The Morgan fingerprint density at radius 3 is 2.00 bits per heavy atom. The van der Waals surface area contributed by atoms with Crippen LogP contribution < -0.4 is 0 Å². The van der Waals surface area contributed by atoms with Crippen LogP contribution in [0.4, 0.5) is 0 Å². The van der Waals surface area contributed by atoms with Gasteiger partial charge in [0.1, 0.15) is 0 Å². The normalized spacial score (nSPS) is 35.9. The lowest BCUT2D eigenvalue weighted by Gasteiger charge is -2.18. The van der Waals surface area contributed by atoms with Gasteiger partial charge >= 0.3 is 7.60 Å². The van der Waals surface area contributed by atoms with E-state index in [0.29, 0.717) is 6.16 Å². The SMILES string of the molecule is CCP1(=O)O[C@H](C)CC[C@@H](C)O1. The third-order valence-electron chi connectivity index (χ3n) is 2.05. The fourth-order valence-corrected chi connectivity index (χ4v) is 2.95. The second kappa shape index (κ2) is 3.91. The molecule has 12 heavy (non-hydrogen) atoms. The third kappa shape index (κ3) is 2.58. The van der Waals surface area contributed by atoms with Gasteiger partial charge in [0.05, 0.1) is 12.2 Å². The van der Waals surface area contributed by atoms with E-state index in [2.05, 4.69) is 0 Å². The summed E-state index contributed by atoms with van der Waals surface area (Å²) in [6.45, 7) is 5.74. The zero-order valence-corrected chi connectivity index (χ0v) is 8.84. The van der Waals surface area contributed by atoms with Gasteiger partial charge in [-0.25, -0.2) is 0 Å². The molecule has 0 unspecified atom stereocenters. The molecule has 0 aromatic heterocycles. The van der Waals surface area contributed by atoms with E-state index in [1.165, 1.54) is 0 Å². The summed E-state index contributed by atoms with van der Waals surface area (Å²) in [5, 5.41) is 0. The quantitative estimate of drug-likeness (QED) is 0.599.